The summed E-state index contributed by atoms with van der Waals surface area (Å²) in [7, 11) is 0. The van der Waals surface area contributed by atoms with Crippen LogP contribution in [-0.4, -0.2) is 48.6 Å². The van der Waals surface area contributed by atoms with E-state index < -0.39 is 6.03 Å². The predicted molar refractivity (Wildman–Crippen MR) is 56.2 cm³/mol. The van der Waals surface area contributed by atoms with Gasteiger partial charge in [0.2, 0.25) is 5.91 Å². The van der Waals surface area contributed by atoms with E-state index >= 15 is 0 Å². The van der Waals surface area contributed by atoms with Crippen molar-refractivity contribution in [3.05, 3.63) is 0 Å². The van der Waals surface area contributed by atoms with E-state index in [1.807, 2.05) is 6.92 Å². The van der Waals surface area contributed by atoms with Crippen molar-refractivity contribution in [3.8, 4) is 0 Å². The zero-order valence-electron chi connectivity index (χ0n) is 9.12. The Bertz CT molecular complexity index is 252. The first-order chi connectivity index (χ1) is 7.06. The van der Waals surface area contributed by atoms with Gasteiger partial charge in [-0.3, -0.25) is 15.0 Å². The molecule has 0 spiro atoms. The molecule has 1 aliphatic rings. The fraction of sp³-hybridized carbons (Fsp3) is 0.778. The number of nitrogens with zero attached hydrogens (tertiary/aromatic N) is 1. The van der Waals surface area contributed by atoms with Crippen LogP contribution in [0.4, 0.5) is 4.79 Å². The summed E-state index contributed by atoms with van der Waals surface area (Å²) in [6.07, 6.45) is 0. The first-order valence-electron chi connectivity index (χ1n) is 5.13. The average Bonchev–Trinajstić information content (AvgIpc) is 2.08. The van der Waals surface area contributed by atoms with E-state index in [-0.39, 0.29) is 11.9 Å². The van der Waals surface area contributed by atoms with Gasteiger partial charge in [-0.05, 0) is 13.5 Å². The number of amides is 3. The number of hydrogen-bond donors (Lipinski definition) is 3. The van der Waals surface area contributed by atoms with E-state index in [1.165, 1.54) is 0 Å². The summed E-state index contributed by atoms with van der Waals surface area (Å²) >= 11 is 0. The lowest BCUT2D eigenvalue weighted by atomic mass is 10.1. The number of carbonyl (C=O) groups is 2. The third-order valence-corrected chi connectivity index (χ3v) is 2.72. The van der Waals surface area contributed by atoms with Crippen molar-refractivity contribution in [1.29, 1.82) is 0 Å². The fourth-order valence-electron chi connectivity index (χ4n) is 1.73. The van der Waals surface area contributed by atoms with Crippen LogP contribution >= 0.6 is 0 Å². The highest BCUT2D eigenvalue weighted by Crippen LogP contribution is 2.09. The van der Waals surface area contributed by atoms with Gasteiger partial charge >= 0.3 is 6.03 Å². The maximum atomic E-state index is 11.5. The number of hydrogen-bond acceptors (Lipinski definition) is 4. The molecule has 0 aliphatic carbocycles. The molecule has 86 valence electrons. The maximum absolute atomic E-state index is 11.5. The van der Waals surface area contributed by atoms with Gasteiger partial charge in [0.05, 0.1) is 6.04 Å². The molecule has 0 saturated carbocycles. The van der Waals surface area contributed by atoms with Crippen LogP contribution in [0, 0.1) is 0 Å². The Balaban J connectivity index is 2.51. The number of urea groups is 1. The van der Waals surface area contributed by atoms with Gasteiger partial charge in [0.1, 0.15) is 0 Å². The number of primary amides is 1. The second-order valence-electron chi connectivity index (χ2n) is 3.67. The van der Waals surface area contributed by atoms with Gasteiger partial charge < -0.3 is 11.1 Å². The van der Waals surface area contributed by atoms with Crippen LogP contribution < -0.4 is 16.4 Å². The molecular weight excluding hydrogens is 196 g/mol. The SMILES string of the molecule is CCN(C1CNC1)C(C)C(=O)NC(N)=O. The summed E-state index contributed by atoms with van der Waals surface area (Å²) in [6, 6.07) is -0.743. The van der Waals surface area contributed by atoms with E-state index in [4.69, 9.17) is 5.73 Å². The Kier molecular flexibility index (Phi) is 4.05. The molecule has 1 atom stereocenters. The lowest BCUT2D eigenvalue weighted by molar-refractivity contribution is -0.125. The molecule has 0 bridgehead atoms. The summed E-state index contributed by atoms with van der Waals surface area (Å²) in [5.41, 5.74) is 4.89. The van der Waals surface area contributed by atoms with E-state index in [2.05, 4.69) is 15.5 Å². The number of carbonyl (C=O) groups excluding carboxylic acids is 2. The minimum Gasteiger partial charge on any atom is -0.351 e. The smallest absolute Gasteiger partial charge is 0.318 e. The molecule has 0 aromatic heterocycles. The monoisotopic (exact) mass is 214 g/mol. The second-order valence-corrected chi connectivity index (χ2v) is 3.67. The average molecular weight is 214 g/mol. The van der Waals surface area contributed by atoms with E-state index in [0.29, 0.717) is 6.04 Å². The van der Waals surface area contributed by atoms with Crippen molar-refractivity contribution in [3.63, 3.8) is 0 Å². The van der Waals surface area contributed by atoms with Crippen molar-refractivity contribution in [2.24, 2.45) is 5.73 Å². The highest BCUT2D eigenvalue weighted by Gasteiger charge is 2.30. The Morgan fingerprint density at radius 3 is 2.53 bits per heavy atom. The Hall–Kier alpha value is -1.14. The molecule has 0 aromatic rings. The molecule has 1 fully saturated rings. The minimum absolute atomic E-state index is 0.324. The molecule has 1 unspecified atom stereocenters. The molecule has 6 heteroatoms. The largest absolute Gasteiger partial charge is 0.351 e. The standard InChI is InChI=1S/C9H18N4O2/c1-3-13(7-4-11-5-7)6(2)8(14)12-9(10)15/h6-7,11H,3-5H2,1-2H3,(H3,10,12,14,15). The summed E-state index contributed by atoms with van der Waals surface area (Å²) in [4.78, 5) is 24.1. The Morgan fingerprint density at radius 1 is 1.60 bits per heavy atom. The highest BCUT2D eigenvalue weighted by molar-refractivity contribution is 5.96. The van der Waals surface area contributed by atoms with Crippen LogP contribution in [-0.2, 0) is 4.79 Å². The first kappa shape index (κ1) is 11.9. The molecule has 1 rings (SSSR count). The third-order valence-electron chi connectivity index (χ3n) is 2.72. The molecule has 6 nitrogen and oxygen atoms in total. The number of likely N-dealkylation sites (N-methyl/N-ethyl adjacent to an activating group) is 1. The Morgan fingerprint density at radius 2 is 2.20 bits per heavy atom. The first-order valence-corrected chi connectivity index (χ1v) is 5.13. The van der Waals surface area contributed by atoms with Gasteiger partial charge in [0, 0.05) is 19.1 Å². The normalized spacial score (nSPS) is 18.3. The van der Waals surface area contributed by atoms with Crippen LogP contribution in [0.15, 0.2) is 0 Å². The summed E-state index contributed by atoms with van der Waals surface area (Å²) in [5, 5.41) is 5.24. The number of rotatable bonds is 4. The predicted octanol–water partition coefficient (Wildman–Crippen LogP) is -1.14. The van der Waals surface area contributed by atoms with Crippen molar-refractivity contribution >= 4 is 11.9 Å². The Labute approximate surface area is 89.2 Å². The van der Waals surface area contributed by atoms with Gasteiger partial charge in [0.15, 0.2) is 0 Å². The van der Waals surface area contributed by atoms with Crippen LogP contribution in [0.5, 0.6) is 0 Å². The van der Waals surface area contributed by atoms with Crippen molar-refractivity contribution in [2.45, 2.75) is 25.9 Å². The fourth-order valence-corrected chi connectivity index (χ4v) is 1.73. The third kappa shape index (κ3) is 2.90. The molecule has 15 heavy (non-hydrogen) atoms. The van der Waals surface area contributed by atoms with Gasteiger partial charge in [-0.25, -0.2) is 4.79 Å². The quantitative estimate of drug-likeness (QED) is 0.552. The molecule has 0 radical (unpaired) electrons. The molecular formula is C9H18N4O2. The number of nitrogens with two attached hydrogens (primary N) is 1. The maximum Gasteiger partial charge on any atom is 0.318 e. The summed E-state index contributed by atoms with van der Waals surface area (Å²) in [5.74, 6) is -0.337. The summed E-state index contributed by atoms with van der Waals surface area (Å²) < 4.78 is 0. The molecule has 1 heterocycles. The van der Waals surface area contributed by atoms with E-state index in [9.17, 15) is 9.59 Å². The molecule has 1 aliphatic heterocycles. The second kappa shape index (κ2) is 5.09. The topological polar surface area (TPSA) is 87.5 Å². The zero-order chi connectivity index (χ0) is 11.4. The molecule has 3 amide bonds. The van der Waals surface area contributed by atoms with Crippen LogP contribution in [0.2, 0.25) is 0 Å². The van der Waals surface area contributed by atoms with Crippen molar-refractivity contribution in [1.82, 2.24) is 15.5 Å². The number of nitrogens with one attached hydrogen (secondary N) is 2. The lowest BCUT2D eigenvalue weighted by Crippen LogP contribution is -2.62. The molecule has 4 N–H and O–H groups in total. The van der Waals surface area contributed by atoms with Gasteiger partial charge in [-0.1, -0.05) is 6.92 Å². The summed E-state index contributed by atoms with van der Waals surface area (Å²) in [6.45, 7) is 6.33. The van der Waals surface area contributed by atoms with Gasteiger partial charge in [0.25, 0.3) is 0 Å². The zero-order valence-corrected chi connectivity index (χ0v) is 9.12. The van der Waals surface area contributed by atoms with Gasteiger partial charge in [-0.15, -0.1) is 0 Å². The van der Waals surface area contributed by atoms with E-state index in [0.717, 1.165) is 19.6 Å². The lowest BCUT2D eigenvalue weighted by Gasteiger charge is -2.40. The highest BCUT2D eigenvalue weighted by atomic mass is 16.2. The molecule has 1 saturated heterocycles. The number of imide groups is 1. The minimum atomic E-state index is -0.797. The van der Waals surface area contributed by atoms with Gasteiger partial charge in [-0.2, -0.15) is 0 Å². The molecule has 0 aromatic carbocycles. The van der Waals surface area contributed by atoms with Crippen LogP contribution in [0.3, 0.4) is 0 Å². The van der Waals surface area contributed by atoms with Crippen LogP contribution in [0.1, 0.15) is 13.8 Å². The van der Waals surface area contributed by atoms with Crippen molar-refractivity contribution < 1.29 is 9.59 Å². The van der Waals surface area contributed by atoms with Crippen LogP contribution in [0.25, 0.3) is 0 Å². The van der Waals surface area contributed by atoms with Crippen molar-refractivity contribution in [2.75, 3.05) is 19.6 Å². The van der Waals surface area contributed by atoms with E-state index in [1.54, 1.807) is 6.92 Å².